The van der Waals surface area contributed by atoms with Gasteiger partial charge in [0.15, 0.2) is 11.5 Å². The van der Waals surface area contributed by atoms with Gasteiger partial charge < -0.3 is 14.8 Å². The third kappa shape index (κ3) is 5.27. The van der Waals surface area contributed by atoms with Crippen LogP contribution in [0.4, 0.5) is 11.5 Å². The number of amides is 1. The SMILES string of the molecule is CCOc1cc2c(cc1OC)-c1c/c(=N\c3c(C)cc(C)cc3C)n(CCC(=O)Nc3cnn[nH]3)c(=O)n1CC2. The zero-order chi connectivity index (χ0) is 28.4. The number of hydrogen-bond donors (Lipinski definition) is 2. The summed E-state index contributed by atoms with van der Waals surface area (Å²) in [6.07, 6.45) is 2.15. The molecule has 0 saturated carbocycles. The Morgan fingerprint density at radius 3 is 2.58 bits per heavy atom. The second kappa shape index (κ2) is 11.2. The molecule has 0 saturated heterocycles. The number of rotatable bonds is 8. The van der Waals surface area contributed by atoms with E-state index >= 15 is 0 Å². The number of aryl methyl sites for hydroxylation is 4. The first-order valence-electron chi connectivity index (χ1n) is 13.3. The minimum atomic E-state index is -0.271. The zero-order valence-electron chi connectivity index (χ0n) is 23.4. The number of H-pyrrole nitrogens is 1. The number of benzene rings is 2. The highest BCUT2D eigenvalue weighted by atomic mass is 16.5. The van der Waals surface area contributed by atoms with E-state index in [-0.39, 0.29) is 24.6 Å². The Morgan fingerprint density at radius 2 is 1.90 bits per heavy atom. The van der Waals surface area contributed by atoms with Crippen LogP contribution in [0.25, 0.3) is 11.3 Å². The van der Waals surface area contributed by atoms with Crippen LogP contribution in [0.15, 0.2) is 46.3 Å². The van der Waals surface area contributed by atoms with Gasteiger partial charge in [0.25, 0.3) is 0 Å². The van der Waals surface area contributed by atoms with Gasteiger partial charge in [-0.25, -0.2) is 14.9 Å². The highest BCUT2D eigenvalue weighted by molar-refractivity contribution is 5.89. The van der Waals surface area contributed by atoms with Gasteiger partial charge in [0.1, 0.15) is 11.3 Å². The van der Waals surface area contributed by atoms with Crippen molar-refractivity contribution in [2.24, 2.45) is 4.99 Å². The average Bonchev–Trinajstić information content (AvgIpc) is 3.43. The van der Waals surface area contributed by atoms with E-state index in [1.165, 1.54) is 6.20 Å². The fourth-order valence-corrected chi connectivity index (χ4v) is 5.22. The predicted molar refractivity (Wildman–Crippen MR) is 151 cm³/mol. The molecule has 2 aromatic heterocycles. The lowest BCUT2D eigenvalue weighted by atomic mass is 9.97. The molecule has 0 radical (unpaired) electrons. The molecule has 2 aromatic carbocycles. The number of carbonyl (C=O) groups excluding carboxylic acids is 1. The number of methoxy groups -OCH3 is 1. The first kappa shape index (κ1) is 26.9. The largest absolute Gasteiger partial charge is 0.493 e. The van der Waals surface area contributed by atoms with Crippen LogP contribution >= 0.6 is 0 Å². The van der Waals surface area contributed by atoms with Crippen molar-refractivity contribution in [3.8, 4) is 22.8 Å². The second-order valence-corrected chi connectivity index (χ2v) is 9.84. The molecule has 11 nitrogen and oxygen atoms in total. The normalized spacial score (nSPS) is 12.6. The van der Waals surface area contributed by atoms with Gasteiger partial charge in [-0.1, -0.05) is 22.9 Å². The van der Waals surface area contributed by atoms with E-state index in [4.69, 9.17) is 14.5 Å². The van der Waals surface area contributed by atoms with Crippen molar-refractivity contribution in [1.29, 1.82) is 0 Å². The van der Waals surface area contributed by atoms with Crippen molar-refractivity contribution < 1.29 is 14.3 Å². The van der Waals surface area contributed by atoms with E-state index in [9.17, 15) is 9.59 Å². The molecule has 1 aliphatic heterocycles. The monoisotopic (exact) mass is 543 g/mol. The molecular formula is C29H33N7O4. The van der Waals surface area contributed by atoms with Gasteiger partial charge in [-0.05, 0) is 62.9 Å². The molecule has 208 valence electrons. The highest BCUT2D eigenvalue weighted by Crippen LogP contribution is 2.37. The molecule has 0 bridgehead atoms. The Labute approximate surface area is 231 Å². The molecule has 1 amide bonds. The maximum atomic E-state index is 14.0. The fourth-order valence-electron chi connectivity index (χ4n) is 5.22. The molecule has 0 fully saturated rings. The first-order chi connectivity index (χ1) is 19.3. The third-order valence-electron chi connectivity index (χ3n) is 6.98. The molecule has 2 N–H and O–H groups in total. The molecule has 40 heavy (non-hydrogen) atoms. The number of ether oxygens (including phenoxy) is 2. The van der Waals surface area contributed by atoms with Gasteiger partial charge in [-0.3, -0.25) is 13.9 Å². The number of fused-ring (bicyclic) bond motifs is 3. The summed E-state index contributed by atoms with van der Waals surface area (Å²) in [6.45, 7) is 9.16. The Balaban J connectivity index is 1.65. The minimum Gasteiger partial charge on any atom is -0.493 e. The van der Waals surface area contributed by atoms with Crippen molar-refractivity contribution in [2.45, 2.75) is 53.6 Å². The summed E-state index contributed by atoms with van der Waals surface area (Å²) in [6, 6.07) is 9.99. The molecule has 0 spiro atoms. The highest BCUT2D eigenvalue weighted by Gasteiger charge is 2.23. The van der Waals surface area contributed by atoms with Crippen LogP contribution in [-0.2, 0) is 24.3 Å². The summed E-state index contributed by atoms with van der Waals surface area (Å²) < 4.78 is 14.7. The van der Waals surface area contributed by atoms with Gasteiger partial charge in [0.05, 0.1) is 31.3 Å². The summed E-state index contributed by atoms with van der Waals surface area (Å²) >= 11 is 0. The summed E-state index contributed by atoms with van der Waals surface area (Å²) in [4.78, 5) is 31.6. The van der Waals surface area contributed by atoms with Gasteiger partial charge in [0, 0.05) is 31.1 Å². The van der Waals surface area contributed by atoms with Crippen molar-refractivity contribution in [3.63, 3.8) is 0 Å². The number of aromatic nitrogens is 5. The molecule has 0 atom stereocenters. The minimum absolute atomic E-state index is 0.0643. The Bertz CT molecular complexity index is 1680. The van der Waals surface area contributed by atoms with Crippen LogP contribution in [0.1, 0.15) is 35.6 Å². The molecule has 4 aromatic rings. The van der Waals surface area contributed by atoms with Crippen LogP contribution in [0.3, 0.4) is 0 Å². The van der Waals surface area contributed by atoms with Crippen LogP contribution in [-0.4, -0.2) is 44.2 Å². The van der Waals surface area contributed by atoms with E-state index in [2.05, 4.69) is 32.9 Å². The average molecular weight is 544 g/mol. The van der Waals surface area contributed by atoms with Crippen LogP contribution in [0.5, 0.6) is 11.5 Å². The lowest BCUT2D eigenvalue weighted by molar-refractivity contribution is -0.116. The molecule has 1 aliphatic rings. The van der Waals surface area contributed by atoms with Crippen molar-refractivity contribution >= 4 is 17.4 Å². The Kier molecular flexibility index (Phi) is 7.54. The van der Waals surface area contributed by atoms with Crippen LogP contribution < -0.4 is 26.0 Å². The third-order valence-corrected chi connectivity index (χ3v) is 6.98. The number of carbonyl (C=O) groups is 1. The maximum Gasteiger partial charge on any atom is 0.330 e. The van der Waals surface area contributed by atoms with E-state index in [1.807, 2.05) is 45.9 Å². The second-order valence-electron chi connectivity index (χ2n) is 9.84. The van der Waals surface area contributed by atoms with Crippen LogP contribution in [0.2, 0.25) is 0 Å². The summed E-state index contributed by atoms with van der Waals surface area (Å²) in [7, 11) is 1.60. The van der Waals surface area contributed by atoms with E-state index in [0.717, 1.165) is 39.2 Å². The van der Waals surface area contributed by atoms with Gasteiger partial charge in [0.2, 0.25) is 5.91 Å². The lowest BCUT2D eigenvalue weighted by Gasteiger charge is -2.25. The summed E-state index contributed by atoms with van der Waals surface area (Å²) in [5.74, 6) is 1.41. The first-order valence-corrected chi connectivity index (χ1v) is 13.3. The maximum absolute atomic E-state index is 14.0. The number of hydrogen-bond acceptors (Lipinski definition) is 7. The standard InChI is InChI=1S/C29H33N7O4/c1-6-40-24-13-20-7-9-35-22(21(20)14-23(24)39-5)15-26(32-28-18(3)11-17(2)12-19(28)4)36(29(35)38)10-8-27(37)31-25-16-30-34-33-25/h11-16H,6-10H2,1-5H3,(H2,30,31,33,34,37)/b32-26+. The fraction of sp³-hybridized carbons (Fsp3) is 0.345. The molecule has 0 unspecified atom stereocenters. The summed E-state index contributed by atoms with van der Waals surface area (Å²) in [5, 5.41) is 12.6. The zero-order valence-corrected chi connectivity index (χ0v) is 23.4. The van der Waals surface area contributed by atoms with Crippen LogP contribution in [0, 0.1) is 20.8 Å². The smallest absolute Gasteiger partial charge is 0.330 e. The van der Waals surface area contributed by atoms with Gasteiger partial charge >= 0.3 is 5.69 Å². The lowest BCUT2D eigenvalue weighted by Crippen LogP contribution is -2.42. The Morgan fingerprint density at radius 1 is 1.12 bits per heavy atom. The predicted octanol–water partition coefficient (Wildman–Crippen LogP) is 3.58. The molecule has 3 heterocycles. The summed E-state index contributed by atoms with van der Waals surface area (Å²) in [5.41, 5.74) is 6.93. The van der Waals surface area contributed by atoms with Gasteiger partial charge in [-0.15, -0.1) is 5.10 Å². The van der Waals surface area contributed by atoms with Gasteiger partial charge in [-0.2, -0.15) is 0 Å². The van der Waals surface area contributed by atoms with E-state index < -0.39 is 0 Å². The number of aromatic amines is 1. The van der Waals surface area contributed by atoms with E-state index in [1.54, 1.807) is 16.2 Å². The molecule has 0 aliphatic carbocycles. The number of anilines is 1. The topological polar surface area (TPSA) is 128 Å². The Hall–Kier alpha value is -4.67. The number of nitrogens with zero attached hydrogens (tertiary/aromatic N) is 5. The molecular weight excluding hydrogens is 510 g/mol. The van der Waals surface area contributed by atoms with Crippen molar-refractivity contribution in [3.05, 3.63) is 74.8 Å². The number of nitrogens with one attached hydrogen (secondary N) is 2. The quantitative estimate of drug-likeness (QED) is 0.350. The molecule has 5 rings (SSSR count). The molecule has 11 heteroatoms. The van der Waals surface area contributed by atoms with Crippen molar-refractivity contribution in [2.75, 3.05) is 19.0 Å². The van der Waals surface area contributed by atoms with E-state index in [0.29, 0.717) is 42.4 Å². The van der Waals surface area contributed by atoms with Crippen molar-refractivity contribution in [1.82, 2.24) is 24.5 Å².